The van der Waals surface area contributed by atoms with Gasteiger partial charge in [0.25, 0.3) is 5.91 Å². The van der Waals surface area contributed by atoms with Gasteiger partial charge in [-0.3, -0.25) is 9.59 Å². The number of aliphatic hydroxyl groups excluding tert-OH is 1. The second-order valence-corrected chi connectivity index (χ2v) is 5.47. The molecule has 0 saturated carbocycles. The van der Waals surface area contributed by atoms with E-state index in [0.29, 0.717) is 12.2 Å². The Balaban J connectivity index is 2.01. The minimum absolute atomic E-state index is 0.0949. The van der Waals surface area contributed by atoms with E-state index in [9.17, 15) is 9.59 Å². The fraction of sp³-hybridized carbons (Fsp3) is 0.200. The molecule has 0 atom stereocenters. The third-order valence-electron chi connectivity index (χ3n) is 2.68. The summed E-state index contributed by atoms with van der Waals surface area (Å²) < 4.78 is 0. The molecule has 0 unspecified atom stereocenters. The molecule has 0 aliphatic carbocycles. The average Bonchev–Trinajstić information content (AvgIpc) is 2.90. The maximum absolute atomic E-state index is 11.9. The molecule has 0 bridgehead atoms. The summed E-state index contributed by atoms with van der Waals surface area (Å²) in [5.41, 5.74) is 0.504. The fourth-order valence-electron chi connectivity index (χ4n) is 1.68. The van der Waals surface area contributed by atoms with Crippen molar-refractivity contribution in [3.8, 4) is 11.8 Å². The zero-order chi connectivity index (χ0) is 15.2. The quantitative estimate of drug-likeness (QED) is 0.740. The first-order chi connectivity index (χ1) is 10.1. The number of pyridine rings is 1. The van der Waals surface area contributed by atoms with Crippen LogP contribution in [0.1, 0.15) is 25.8 Å². The highest BCUT2D eigenvalue weighted by molar-refractivity contribution is 7.12. The summed E-state index contributed by atoms with van der Waals surface area (Å²) in [6, 6.07) is 5.07. The van der Waals surface area contributed by atoms with Crippen LogP contribution in [-0.2, 0) is 6.54 Å². The maximum atomic E-state index is 11.9. The molecule has 2 aromatic rings. The molecule has 2 heterocycles. The molecule has 5 nitrogen and oxygen atoms in total. The smallest absolute Gasteiger partial charge is 0.257 e. The van der Waals surface area contributed by atoms with Crippen LogP contribution in [0, 0.1) is 18.8 Å². The molecular weight excluding hydrogens is 288 g/mol. The highest BCUT2D eigenvalue weighted by Crippen LogP contribution is 2.15. The number of hydrogen-bond donors (Lipinski definition) is 3. The number of carbonyl (C=O) groups excluding carboxylic acids is 1. The van der Waals surface area contributed by atoms with Gasteiger partial charge in [-0.1, -0.05) is 11.8 Å². The standard InChI is InChI=1S/C15H14N2O3S/c1-10-7-14(19)13(9-16-10)15(20)17-8-12-5-4-11(21-12)3-2-6-18/h4-5,7,9,18H,6,8H2,1H3,(H,16,19)(H,17,20). The first-order valence-electron chi connectivity index (χ1n) is 6.26. The number of amides is 1. The number of H-pyrrole nitrogens is 1. The second kappa shape index (κ2) is 6.88. The Morgan fingerprint density at radius 2 is 2.29 bits per heavy atom. The van der Waals surface area contributed by atoms with Crippen molar-refractivity contribution >= 4 is 17.2 Å². The van der Waals surface area contributed by atoms with E-state index in [1.54, 1.807) is 6.92 Å². The molecule has 0 saturated heterocycles. The molecule has 2 aromatic heterocycles. The lowest BCUT2D eigenvalue weighted by atomic mass is 10.2. The van der Waals surface area contributed by atoms with Gasteiger partial charge in [-0.05, 0) is 19.1 Å². The normalized spacial score (nSPS) is 9.81. The molecule has 0 aliphatic rings. The first-order valence-corrected chi connectivity index (χ1v) is 7.08. The molecule has 0 radical (unpaired) electrons. The first kappa shape index (κ1) is 15.0. The van der Waals surface area contributed by atoms with Gasteiger partial charge in [0.1, 0.15) is 12.2 Å². The van der Waals surface area contributed by atoms with Crippen LogP contribution >= 0.6 is 11.3 Å². The van der Waals surface area contributed by atoms with E-state index >= 15 is 0 Å². The largest absolute Gasteiger partial charge is 0.384 e. The minimum atomic E-state index is -0.410. The summed E-state index contributed by atoms with van der Waals surface area (Å²) in [6.45, 7) is 1.90. The van der Waals surface area contributed by atoms with Gasteiger partial charge in [0.2, 0.25) is 0 Å². The second-order valence-electron chi connectivity index (χ2n) is 4.30. The maximum Gasteiger partial charge on any atom is 0.257 e. The molecule has 6 heteroatoms. The number of thiophene rings is 1. The highest BCUT2D eigenvalue weighted by Gasteiger charge is 2.10. The third kappa shape index (κ3) is 4.05. The molecule has 21 heavy (non-hydrogen) atoms. The highest BCUT2D eigenvalue weighted by atomic mass is 32.1. The summed E-state index contributed by atoms with van der Waals surface area (Å²) in [5.74, 6) is 4.96. The molecular formula is C15H14N2O3S. The Kier molecular flexibility index (Phi) is 4.93. The van der Waals surface area contributed by atoms with Gasteiger partial charge in [-0.25, -0.2) is 0 Å². The average molecular weight is 302 g/mol. The van der Waals surface area contributed by atoms with Gasteiger partial charge in [0.15, 0.2) is 5.43 Å². The number of aliphatic hydroxyl groups is 1. The van der Waals surface area contributed by atoms with Crippen LogP contribution in [0.5, 0.6) is 0 Å². The van der Waals surface area contributed by atoms with Crippen molar-refractivity contribution in [3.63, 3.8) is 0 Å². The van der Waals surface area contributed by atoms with E-state index in [4.69, 9.17) is 5.11 Å². The van der Waals surface area contributed by atoms with Crippen molar-refractivity contribution in [3.05, 3.63) is 55.6 Å². The third-order valence-corrected chi connectivity index (χ3v) is 3.68. The van der Waals surface area contributed by atoms with Gasteiger partial charge < -0.3 is 15.4 Å². The molecule has 2 rings (SSSR count). The zero-order valence-electron chi connectivity index (χ0n) is 11.4. The molecule has 1 amide bonds. The predicted molar refractivity (Wildman–Crippen MR) is 81.3 cm³/mol. The lowest BCUT2D eigenvalue weighted by molar-refractivity contribution is 0.0950. The number of aryl methyl sites for hydroxylation is 1. The number of nitrogens with one attached hydrogen (secondary N) is 2. The summed E-state index contributed by atoms with van der Waals surface area (Å²) in [4.78, 5) is 28.2. The van der Waals surface area contributed by atoms with E-state index in [0.717, 1.165) is 9.75 Å². The van der Waals surface area contributed by atoms with Crippen LogP contribution in [0.3, 0.4) is 0 Å². The number of rotatable bonds is 3. The Morgan fingerprint density at radius 3 is 3.00 bits per heavy atom. The number of aromatic nitrogens is 1. The van der Waals surface area contributed by atoms with Crippen molar-refractivity contribution < 1.29 is 9.90 Å². The van der Waals surface area contributed by atoms with Crippen LogP contribution in [0.4, 0.5) is 0 Å². The van der Waals surface area contributed by atoms with E-state index in [1.807, 2.05) is 12.1 Å². The van der Waals surface area contributed by atoms with Crippen molar-refractivity contribution in [2.45, 2.75) is 13.5 Å². The molecule has 0 fully saturated rings. The van der Waals surface area contributed by atoms with Crippen molar-refractivity contribution in [1.82, 2.24) is 10.3 Å². The van der Waals surface area contributed by atoms with Crippen LogP contribution in [0.25, 0.3) is 0 Å². The van der Waals surface area contributed by atoms with E-state index in [1.165, 1.54) is 23.6 Å². The van der Waals surface area contributed by atoms with Crippen LogP contribution in [0.2, 0.25) is 0 Å². The molecule has 0 aliphatic heterocycles. The van der Waals surface area contributed by atoms with E-state index in [2.05, 4.69) is 22.1 Å². The Morgan fingerprint density at radius 1 is 1.48 bits per heavy atom. The van der Waals surface area contributed by atoms with Crippen molar-refractivity contribution in [1.29, 1.82) is 0 Å². The minimum Gasteiger partial charge on any atom is -0.384 e. The monoisotopic (exact) mass is 302 g/mol. The van der Waals surface area contributed by atoms with Gasteiger partial charge >= 0.3 is 0 Å². The Labute approximate surface area is 125 Å². The van der Waals surface area contributed by atoms with E-state index in [-0.39, 0.29) is 17.6 Å². The van der Waals surface area contributed by atoms with Crippen LogP contribution in [0.15, 0.2) is 29.2 Å². The Bertz CT molecular complexity index is 765. The van der Waals surface area contributed by atoms with Crippen LogP contribution in [-0.4, -0.2) is 22.6 Å². The van der Waals surface area contributed by atoms with Crippen molar-refractivity contribution in [2.75, 3.05) is 6.61 Å². The summed E-state index contributed by atoms with van der Waals surface area (Å²) in [7, 11) is 0. The molecule has 0 spiro atoms. The van der Waals surface area contributed by atoms with Gasteiger partial charge in [0.05, 0.1) is 11.4 Å². The number of carbonyl (C=O) groups is 1. The van der Waals surface area contributed by atoms with Gasteiger partial charge in [0, 0.05) is 22.8 Å². The van der Waals surface area contributed by atoms with E-state index < -0.39 is 5.91 Å². The SMILES string of the molecule is Cc1cc(=O)c(C(=O)NCc2ccc(C#CCO)s2)c[nH]1. The van der Waals surface area contributed by atoms with Gasteiger partial charge in [-0.15, -0.1) is 11.3 Å². The molecule has 108 valence electrons. The number of aromatic amines is 1. The molecule has 0 aromatic carbocycles. The number of hydrogen-bond acceptors (Lipinski definition) is 4. The topological polar surface area (TPSA) is 82.2 Å². The molecule has 3 N–H and O–H groups in total. The van der Waals surface area contributed by atoms with Gasteiger partial charge in [-0.2, -0.15) is 0 Å². The lowest BCUT2D eigenvalue weighted by Crippen LogP contribution is -2.28. The summed E-state index contributed by atoms with van der Waals surface area (Å²) in [6.07, 6.45) is 1.42. The summed E-state index contributed by atoms with van der Waals surface area (Å²) in [5, 5.41) is 11.3. The zero-order valence-corrected chi connectivity index (χ0v) is 12.2. The fourth-order valence-corrected chi connectivity index (χ4v) is 2.50. The Hall–Kier alpha value is -2.36. The lowest BCUT2D eigenvalue weighted by Gasteiger charge is -2.03. The van der Waals surface area contributed by atoms with Crippen molar-refractivity contribution in [2.24, 2.45) is 0 Å². The predicted octanol–water partition coefficient (Wildman–Crippen LogP) is 1.02. The summed E-state index contributed by atoms with van der Waals surface area (Å²) >= 11 is 1.43. The van der Waals surface area contributed by atoms with Crippen LogP contribution < -0.4 is 10.7 Å².